The van der Waals surface area contributed by atoms with Gasteiger partial charge in [0.25, 0.3) is 0 Å². The van der Waals surface area contributed by atoms with E-state index in [0.29, 0.717) is 6.10 Å². The smallest absolute Gasteiger partial charge is 0.117 e. The first-order valence-electron chi connectivity index (χ1n) is 7.82. The Kier molecular flexibility index (Phi) is 5.34. The minimum absolute atomic E-state index is 0.346. The van der Waals surface area contributed by atoms with Gasteiger partial charge in [-0.3, -0.25) is 4.90 Å². The zero-order valence-electron chi connectivity index (χ0n) is 12.9. The average Bonchev–Trinajstić information content (AvgIpc) is 3.15. The maximum absolute atomic E-state index is 5.81. The van der Waals surface area contributed by atoms with Crippen molar-refractivity contribution in [2.45, 2.75) is 39.0 Å². The van der Waals surface area contributed by atoms with Crippen molar-refractivity contribution >= 4 is 15.9 Å². The molecule has 1 saturated heterocycles. The first-order chi connectivity index (χ1) is 10.7. The van der Waals surface area contributed by atoms with Crippen molar-refractivity contribution in [1.29, 1.82) is 0 Å². The number of rotatable bonds is 6. The van der Waals surface area contributed by atoms with Gasteiger partial charge in [-0.05, 0) is 49.1 Å². The molecule has 1 aliphatic heterocycles. The standard InChI is InChI=1S/C18H22BrNO2/c1-14-6-7-15(18(19)10-14)11-20(12-16-4-2-8-21-16)13-17-5-3-9-22-17/h2,4,6-8,10,17H,3,5,9,11-13H2,1H3. The van der Waals surface area contributed by atoms with Gasteiger partial charge in [0.05, 0.1) is 18.9 Å². The van der Waals surface area contributed by atoms with Gasteiger partial charge in [0.2, 0.25) is 0 Å². The van der Waals surface area contributed by atoms with E-state index in [4.69, 9.17) is 9.15 Å². The van der Waals surface area contributed by atoms with Gasteiger partial charge in [0.1, 0.15) is 5.76 Å². The van der Waals surface area contributed by atoms with E-state index in [1.807, 2.05) is 12.1 Å². The van der Waals surface area contributed by atoms with Crippen LogP contribution in [0.2, 0.25) is 0 Å². The van der Waals surface area contributed by atoms with E-state index >= 15 is 0 Å². The molecule has 4 heteroatoms. The van der Waals surface area contributed by atoms with Gasteiger partial charge >= 0.3 is 0 Å². The fourth-order valence-corrected chi connectivity index (χ4v) is 3.52. The molecule has 0 bridgehead atoms. The lowest BCUT2D eigenvalue weighted by molar-refractivity contribution is 0.0654. The topological polar surface area (TPSA) is 25.6 Å². The van der Waals surface area contributed by atoms with Crippen LogP contribution in [0.25, 0.3) is 0 Å². The summed E-state index contributed by atoms with van der Waals surface area (Å²) in [6.07, 6.45) is 4.41. The molecule has 118 valence electrons. The van der Waals surface area contributed by atoms with E-state index in [-0.39, 0.29) is 0 Å². The number of furan rings is 1. The predicted octanol–water partition coefficient (Wildman–Crippen LogP) is 4.53. The molecule has 22 heavy (non-hydrogen) atoms. The number of benzene rings is 1. The summed E-state index contributed by atoms with van der Waals surface area (Å²) in [4.78, 5) is 2.41. The number of aryl methyl sites for hydroxylation is 1. The van der Waals surface area contributed by atoms with Gasteiger partial charge in [0, 0.05) is 24.2 Å². The van der Waals surface area contributed by atoms with E-state index in [1.165, 1.54) is 22.0 Å². The number of ether oxygens (including phenoxy) is 1. The summed E-state index contributed by atoms with van der Waals surface area (Å²) in [6, 6.07) is 10.5. The highest BCUT2D eigenvalue weighted by Crippen LogP contribution is 2.22. The SMILES string of the molecule is Cc1ccc(CN(Cc2ccco2)CC2CCCO2)c(Br)c1. The Bertz CT molecular complexity index is 591. The van der Waals surface area contributed by atoms with Crippen LogP contribution in [0, 0.1) is 6.92 Å². The summed E-state index contributed by atoms with van der Waals surface area (Å²) in [5.74, 6) is 1.00. The van der Waals surface area contributed by atoms with Crippen LogP contribution in [0.15, 0.2) is 45.5 Å². The lowest BCUT2D eigenvalue weighted by Gasteiger charge is -2.25. The molecule has 0 N–H and O–H groups in total. The van der Waals surface area contributed by atoms with Crippen molar-refractivity contribution in [2.24, 2.45) is 0 Å². The van der Waals surface area contributed by atoms with Crippen molar-refractivity contribution in [3.05, 3.63) is 58.0 Å². The molecule has 1 aromatic carbocycles. The summed E-state index contributed by atoms with van der Waals surface area (Å²) in [7, 11) is 0. The molecule has 1 fully saturated rings. The second-order valence-corrected chi connectivity index (χ2v) is 6.83. The third-order valence-corrected chi connectivity index (χ3v) is 4.79. The first kappa shape index (κ1) is 15.8. The molecule has 1 aromatic heterocycles. The molecule has 1 unspecified atom stereocenters. The highest BCUT2D eigenvalue weighted by atomic mass is 79.9. The van der Waals surface area contributed by atoms with Crippen molar-refractivity contribution in [3.63, 3.8) is 0 Å². The molecule has 1 aliphatic rings. The molecule has 0 aliphatic carbocycles. The fraction of sp³-hybridized carbons (Fsp3) is 0.444. The molecule has 1 atom stereocenters. The normalized spacial score (nSPS) is 18.2. The Morgan fingerprint density at radius 3 is 2.86 bits per heavy atom. The van der Waals surface area contributed by atoms with Crippen LogP contribution in [0.3, 0.4) is 0 Å². The Labute approximate surface area is 140 Å². The summed E-state index contributed by atoms with van der Waals surface area (Å²) in [5.41, 5.74) is 2.57. The zero-order valence-corrected chi connectivity index (χ0v) is 14.5. The Morgan fingerprint density at radius 2 is 2.18 bits per heavy atom. The molecule has 2 heterocycles. The largest absolute Gasteiger partial charge is 0.468 e. The van der Waals surface area contributed by atoms with Crippen LogP contribution in [0.1, 0.15) is 29.7 Å². The van der Waals surface area contributed by atoms with Crippen molar-refractivity contribution in [1.82, 2.24) is 4.90 Å². The monoisotopic (exact) mass is 363 g/mol. The van der Waals surface area contributed by atoms with Crippen LogP contribution in [-0.2, 0) is 17.8 Å². The average molecular weight is 364 g/mol. The number of hydrogen-bond donors (Lipinski definition) is 0. The second kappa shape index (κ2) is 7.44. The number of hydrogen-bond acceptors (Lipinski definition) is 3. The first-order valence-corrected chi connectivity index (χ1v) is 8.61. The third-order valence-electron chi connectivity index (χ3n) is 4.05. The maximum Gasteiger partial charge on any atom is 0.117 e. The third kappa shape index (κ3) is 4.22. The molecule has 0 radical (unpaired) electrons. The van der Waals surface area contributed by atoms with Crippen molar-refractivity contribution in [3.8, 4) is 0 Å². The van der Waals surface area contributed by atoms with E-state index in [2.05, 4.69) is 46.0 Å². The highest BCUT2D eigenvalue weighted by molar-refractivity contribution is 9.10. The number of halogens is 1. The van der Waals surface area contributed by atoms with Gasteiger partial charge in [-0.2, -0.15) is 0 Å². The Morgan fingerprint density at radius 1 is 1.27 bits per heavy atom. The zero-order chi connectivity index (χ0) is 15.4. The van der Waals surface area contributed by atoms with Crippen LogP contribution in [-0.4, -0.2) is 24.2 Å². The van der Waals surface area contributed by atoms with Gasteiger partial charge in [0.15, 0.2) is 0 Å². The van der Waals surface area contributed by atoms with Crippen LogP contribution >= 0.6 is 15.9 Å². The van der Waals surface area contributed by atoms with Crippen LogP contribution < -0.4 is 0 Å². The molecule has 3 nitrogen and oxygen atoms in total. The molecular weight excluding hydrogens is 342 g/mol. The van der Waals surface area contributed by atoms with Crippen LogP contribution in [0.5, 0.6) is 0 Å². The van der Waals surface area contributed by atoms with E-state index in [1.54, 1.807) is 6.26 Å². The molecule has 3 rings (SSSR count). The Balaban J connectivity index is 1.71. The predicted molar refractivity (Wildman–Crippen MR) is 90.7 cm³/mol. The minimum Gasteiger partial charge on any atom is -0.468 e. The van der Waals surface area contributed by atoms with Crippen molar-refractivity contribution < 1.29 is 9.15 Å². The summed E-state index contributed by atoms with van der Waals surface area (Å²) in [6.45, 7) is 5.66. The number of nitrogens with zero attached hydrogens (tertiary/aromatic N) is 1. The van der Waals surface area contributed by atoms with E-state index < -0.39 is 0 Å². The second-order valence-electron chi connectivity index (χ2n) is 5.98. The van der Waals surface area contributed by atoms with Gasteiger partial charge in [-0.25, -0.2) is 0 Å². The fourth-order valence-electron chi connectivity index (χ4n) is 2.91. The lowest BCUT2D eigenvalue weighted by Crippen LogP contribution is -2.31. The van der Waals surface area contributed by atoms with E-state index in [9.17, 15) is 0 Å². The summed E-state index contributed by atoms with van der Waals surface area (Å²) in [5, 5.41) is 0. The van der Waals surface area contributed by atoms with Crippen molar-refractivity contribution in [2.75, 3.05) is 13.2 Å². The Hall–Kier alpha value is -1.10. The highest BCUT2D eigenvalue weighted by Gasteiger charge is 2.20. The molecule has 0 spiro atoms. The van der Waals surface area contributed by atoms with Crippen LogP contribution in [0.4, 0.5) is 0 Å². The molecule has 0 amide bonds. The quantitative estimate of drug-likeness (QED) is 0.753. The van der Waals surface area contributed by atoms with E-state index in [0.717, 1.165) is 38.4 Å². The lowest BCUT2D eigenvalue weighted by atomic mass is 10.1. The molecule has 2 aromatic rings. The molecule has 0 saturated carbocycles. The van der Waals surface area contributed by atoms with Gasteiger partial charge in [-0.1, -0.05) is 28.1 Å². The molecular formula is C18H22BrNO2. The summed E-state index contributed by atoms with van der Waals surface area (Å²) < 4.78 is 12.5. The minimum atomic E-state index is 0.346. The maximum atomic E-state index is 5.81. The van der Waals surface area contributed by atoms with Gasteiger partial charge < -0.3 is 9.15 Å². The van der Waals surface area contributed by atoms with Gasteiger partial charge in [-0.15, -0.1) is 0 Å². The summed E-state index contributed by atoms with van der Waals surface area (Å²) >= 11 is 3.68.